The Bertz CT molecular complexity index is 169. The monoisotopic (exact) mass is 228 g/mol. The molecule has 0 aromatic carbocycles. The van der Waals surface area contributed by atoms with Crippen molar-refractivity contribution in [3.8, 4) is 0 Å². The SMILES string of the molecule is CCCC(COC)N1CCC(CNCC)C1. The van der Waals surface area contributed by atoms with Gasteiger partial charge in [-0.05, 0) is 38.4 Å². The Morgan fingerprint density at radius 1 is 1.44 bits per heavy atom. The highest BCUT2D eigenvalue weighted by Gasteiger charge is 2.27. The van der Waals surface area contributed by atoms with E-state index in [2.05, 4.69) is 24.1 Å². The van der Waals surface area contributed by atoms with Gasteiger partial charge in [-0.15, -0.1) is 0 Å². The van der Waals surface area contributed by atoms with Crippen molar-refractivity contribution >= 4 is 0 Å². The molecule has 3 nitrogen and oxygen atoms in total. The molecule has 2 atom stereocenters. The summed E-state index contributed by atoms with van der Waals surface area (Å²) in [5, 5.41) is 3.46. The van der Waals surface area contributed by atoms with Gasteiger partial charge in [0.15, 0.2) is 0 Å². The van der Waals surface area contributed by atoms with Crippen molar-refractivity contribution in [3.05, 3.63) is 0 Å². The molecule has 0 saturated carbocycles. The average molecular weight is 228 g/mol. The Morgan fingerprint density at radius 2 is 2.25 bits per heavy atom. The van der Waals surface area contributed by atoms with E-state index in [1.54, 1.807) is 0 Å². The zero-order valence-corrected chi connectivity index (χ0v) is 11.2. The van der Waals surface area contributed by atoms with Crippen LogP contribution in [0.25, 0.3) is 0 Å². The van der Waals surface area contributed by atoms with Crippen LogP contribution >= 0.6 is 0 Å². The van der Waals surface area contributed by atoms with Crippen molar-refractivity contribution in [2.75, 3.05) is 39.9 Å². The molecule has 1 aliphatic heterocycles. The summed E-state index contributed by atoms with van der Waals surface area (Å²) in [4.78, 5) is 2.62. The Labute approximate surface area is 101 Å². The van der Waals surface area contributed by atoms with Gasteiger partial charge >= 0.3 is 0 Å². The first-order valence-corrected chi connectivity index (χ1v) is 6.75. The summed E-state index contributed by atoms with van der Waals surface area (Å²) in [5.41, 5.74) is 0. The molecular weight excluding hydrogens is 200 g/mol. The molecule has 0 amide bonds. The molecule has 1 saturated heterocycles. The molecule has 96 valence electrons. The Hall–Kier alpha value is -0.120. The lowest BCUT2D eigenvalue weighted by atomic mass is 10.1. The summed E-state index contributed by atoms with van der Waals surface area (Å²) in [5.74, 6) is 0.844. The summed E-state index contributed by atoms with van der Waals surface area (Å²) >= 11 is 0. The predicted molar refractivity (Wildman–Crippen MR) is 68.8 cm³/mol. The second-order valence-electron chi connectivity index (χ2n) is 4.86. The lowest BCUT2D eigenvalue weighted by Crippen LogP contribution is -2.37. The number of hydrogen-bond donors (Lipinski definition) is 1. The van der Waals surface area contributed by atoms with Gasteiger partial charge in [-0.1, -0.05) is 20.3 Å². The lowest BCUT2D eigenvalue weighted by Gasteiger charge is -2.27. The molecule has 1 N–H and O–H groups in total. The number of nitrogens with one attached hydrogen (secondary N) is 1. The minimum absolute atomic E-state index is 0.640. The fourth-order valence-corrected chi connectivity index (χ4v) is 2.61. The van der Waals surface area contributed by atoms with Crippen molar-refractivity contribution in [1.29, 1.82) is 0 Å². The summed E-state index contributed by atoms with van der Waals surface area (Å²) < 4.78 is 5.33. The first kappa shape index (κ1) is 13.9. The molecule has 16 heavy (non-hydrogen) atoms. The Kier molecular flexibility index (Phi) is 7.01. The molecule has 0 aromatic rings. The molecule has 0 aromatic heterocycles. The highest BCUT2D eigenvalue weighted by atomic mass is 16.5. The second kappa shape index (κ2) is 8.04. The van der Waals surface area contributed by atoms with E-state index < -0.39 is 0 Å². The molecule has 1 fully saturated rings. The van der Waals surface area contributed by atoms with Crippen LogP contribution in [0.4, 0.5) is 0 Å². The van der Waals surface area contributed by atoms with E-state index in [1.165, 1.54) is 38.9 Å². The van der Waals surface area contributed by atoms with Crippen LogP contribution in [0.3, 0.4) is 0 Å². The number of rotatable bonds is 8. The van der Waals surface area contributed by atoms with Gasteiger partial charge in [0.05, 0.1) is 6.61 Å². The summed E-state index contributed by atoms with van der Waals surface area (Å²) in [6, 6.07) is 0.640. The molecule has 0 aliphatic carbocycles. The molecule has 1 aliphatic rings. The third-order valence-electron chi connectivity index (χ3n) is 3.50. The number of methoxy groups -OCH3 is 1. The normalized spacial score (nSPS) is 23.8. The zero-order chi connectivity index (χ0) is 11.8. The van der Waals surface area contributed by atoms with Crippen LogP contribution in [-0.2, 0) is 4.74 Å². The van der Waals surface area contributed by atoms with Gasteiger partial charge in [0.1, 0.15) is 0 Å². The standard InChI is InChI=1S/C13H28N2O/c1-4-6-13(11-16-3)15-8-7-12(10-15)9-14-5-2/h12-14H,4-11H2,1-3H3. The summed E-state index contributed by atoms with van der Waals surface area (Å²) in [7, 11) is 1.81. The average Bonchev–Trinajstić information content (AvgIpc) is 2.74. The van der Waals surface area contributed by atoms with Gasteiger partial charge in [-0.2, -0.15) is 0 Å². The van der Waals surface area contributed by atoms with E-state index in [-0.39, 0.29) is 0 Å². The number of nitrogens with zero attached hydrogens (tertiary/aromatic N) is 1. The van der Waals surface area contributed by atoms with Gasteiger partial charge in [0.25, 0.3) is 0 Å². The predicted octanol–water partition coefficient (Wildman–Crippen LogP) is 1.73. The van der Waals surface area contributed by atoms with Gasteiger partial charge < -0.3 is 10.1 Å². The van der Waals surface area contributed by atoms with E-state index in [0.29, 0.717) is 6.04 Å². The van der Waals surface area contributed by atoms with E-state index >= 15 is 0 Å². The van der Waals surface area contributed by atoms with Crippen molar-refractivity contribution < 1.29 is 4.74 Å². The maximum atomic E-state index is 5.33. The van der Waals surface area contributed by atoms with Gasteiger partial charge in [0.2, 0.25) is 0 Å². The van der Waals surface area contributed by atoms with E-state index in [1.807, 2.05) is 7.11 Å². The third-order valence-corrected chi connectivity index (χ3v) is 3.50. The molecule has 1 rings (SSSR count). The van der Waals surface area contributed by atoms with Crippen molar-refractivity contribution in [2.45, 2.75) is 39.2 Å². The van der Waals surface area contributed by atoms with E-state index in [0.717, 1.165) is 19.1 Å². The molecule has 0 spiro atoms. The van der Waals surface area contributed by atoms with Crippen molar-refractivity contribution in [3.63, 3.8) is 0 Å². The maximum absolute atomic E-state index is 5.33. The van der Waals surface area contributed by atoms with Crippen LogP contribution in [0.2, 0.25) is 0 Å². The molecule has 0 bridgehead atoms. The van der Waals surface area contributed by atoms with Gasteiger partial charge in [-0.25, -0.2) is 0 Å². The summed E-state index contributed by atoms with van der Waals surface area (Å²) in [6.07, 6.45) is 3.86. The van der Waals surface area contributed by atoms with E-state index in [4.69, 9.17) is 4.74 Å². The summed E-state index contributed by atoms with van der Waals surface area (Å²) in [6.45, 7) is 10.1. The number of ether oxygens (including phenoxy) is 1. The fourth-order valence-electron chi connectivity index (χ4n) is 2.61. The van der Waals surface area contributed by atoms with Crippen LogP contribution in [0.1, 0.15) is 33.1 Å². The quantitative estimate of drug-likeness (QED) is 0.685. The van der Waals surface area contributed by atoms with Crippen molar-refractivity contribution in [1.82, 2.24) is 10.2 Å². The van der Waals surface area contributed by atoms with Crippen LogP contribution in [0.5, 0.6) is 0 Å². The zero-order valence-electron chi connectivity index (χ0n) is 11.2. The third kappa shape index (κ3) is 4.40. The first-order chi connectivity index (χ1) is 7.81. The number of hydrogen-bond acceptors (Lipinski definition) is 3. The van der Waals surface area contributed by atoms with E-state index in [9.17, 15) is 0 Å². The molecule has 0 radical (unpaired) electrons. The smallest absolute Gasteiger partial charge is 0.0618 e. The van der Waals surface area contributed by atoms with Gasteiger partial charge in [-0.3, -0.25) is 4.90 Å². The molecular formula is C13H28N2O. The second-order valence-corrected chi connectivity index (χ2v) is 4.86. The minimum atomic E-state index is 0.640. The molecule has 2 unspecified atom stereocenters. The highest BCUT2D eigenvalue weighted by Crippen LogP contribution is 2.20. The van der Waals surface area contributed by atoms with Gasteiger partial charge in [0, 0.05) is 19.7 Å². The molecule has 1 heterocycles. The van der Waals surface area contributed by atoms with Crippen LogP contribution in [0, 0.1) is 5.92 Å². The fraction of sp³-hybridized carbons (Fsp3) is 1.00. The maximum Gasteiger partial charge on any atom is 0.0618 e. The lowest BCUT2D eigenvalue weighted by molar-refractivity contribution is 0.0972. The highest BCUT2D eigenvalue weighted by molar-refractivity contribution is 4.82. The Morgan fingerprint density at radius 3 is 2.88 bits per heavy atom. The minimum Gasteiger partial charge on any atom is -0.383 e. The first-order valence-electron chi connectivity index (χ1n) is 6.75. The Balaban J connectivity index is 2.30. The topological polar surface area (TPSA) is 24.5 Å². The largest absolute Gasteiger partial charge is 0.383 e. The van der Waals surface area contributed by atoms with Crippen LogP contribution < -0.4 is 5.32 Å². The van der Waals surface area contributed by atoms with Crippen LogP contribution in [0.15, 0.2) is 0 Å². The molecule has 3 heteroatoms. The van der Waals surface area contributed by atoms with Crippen LogP contribution in [-0.4, -0.2) is 50.8 Å². The number of likely N-dealkylation sites (tertiary alicyclic amines) is 1. The van der Waals surface area contributed by atoms with Crippen molar-refractivity contribution in [2.24, 2.45) is 5.92 Å².